The average Bonchev–Trinajstić information content (AvgIpc) is 3.12. The van der Waals surface area contributed by atoms with Crippen molar-refractivity contribution in [3.05, 3.63) is 52.5 Å². The van der Waals surface area contributed by atoms with Gasteiger partial charge < -0.3 is 24.8 Å². The van der Waals surface area contributed by atoms with Gasteiger partial charge in [0, 0.05) is 20.0 Å². The largest absolute Gasteiger partial charge is 0.493 e. The number of halogens is 1. The van der Waals surface area contributed by atoms with Crippen molar-refractivity contribution in [3.8, 4) is 17.2 Å². The second-order valence-electron chi connectivity index (χ2n) is 6.40. The van der Waals surface area contributed by atoms with Crippen molar-refractivity contribution in [2.45, 2.75) is 26.0 Å². The van der Waals surface area contributed by atoms with Crippen molar-refractivity contribution in [1.29, 1.82) is 0 Å². The SMILES string of the molecule is CCOc1c(Cl)cc(CNC(=NC)NCC2Cc3ccccc3O2)cc1OC. The predicted octanol–water partition coefficient (Wildman–Crippen LogP) is 3.42. The number of hydrogen-bond acceptors (Lipinski definition) is 4. The number of rotatable bonds is 7. The van der Waals surface area contributed by atoms with E-state index in [0.29, 0.717) is 42.2 Å². The molecular formula is C21H26ClN3O3. The van der Waals surface area contributed by atoms with Gasteiger partial charge in [-0.15, -0.1) is 0 Å². The lowest BCUT2D eigenvalue weighted by molar-refractivity contribution is 0.235. The third kappa shape index (κ3) is 4.81. The molecule has 0 saturated heterocycles. The van der Waals surface area contributed by atoms with Crippen LogP contribution in [-0.4, -0.2) is 39.4 Å². The zero-order valence-corrected chi connectivity index (χ0v) is 17.2. The number of nitrogens with zero attached hydrogens (tertiary/aromatic N) is 1. The maximum Gasteiger partial charge on any atom is 0.191 e. The van der Waals surface area contributed by atoms with Crippen LogP contribution in [0.4, 0.5) is 0 Å². The summed E-state index contributed by atoms with van der Waals surface area (Å²) in [6.45, 7) is 3.65. The first-order valence-electron chi connectivity index (χ1n) is 9.32. The highest BCUT2D eigenvalue weighted by Gasteiger charge is 2.22. The summed E-state index contributed by atoms with van der Waals surface area (Å²) in [7, 11) is 3.34. The van der Waals surface area contributed by atoms with Crippen LogP contribution in [0.5, 0.6) is 17.2 Å². The molecule has 1 unspecified atom stereocenters. The van der Waals surface area contributed by atoms with Gasteiger partial charge in [-0.25, -0.2) is 0 Å². The maximum absolute atomic E-state index is 6.34. The lowest BCUT2D eigenvalue weighted by Gasteiger charge is -2.17. The molecule has 0 bridgehead atoms. The first-order valence-corrected chi connectivity index (χ1v) is 9.70. The van der Waals surface area contributed by atoms with Crippen molar-refractivity contribution in [1.82, 2.24) is 10.6 Å². The number of guanidine groups is 1. The molecule has 0 fully saturated rings. The second kappa shape index (κ2) is 9.55. The Balaban J connectivity index is 1.54. The van der Waals surface area contributed by atoms with Gasteiger partial charge in [-0.2, -0.15) is 0 Å². The first-order chi connectivity index (χ1) is 13.6. The number of ether oxygens (including phenoxy) is 3. The molecule has 0 spiro atoms. The van der Waals surface area contributed by atoms with Gasteiger partial charge in [-0.3, -0.25) is 4.99 Å². The van der Waals surface area contributed by atoms with Gasteiger partial charge in [0.1, 0.15) is 11.9 Å². The molecule has 0 amide bonds. The fourth-order valence-electron chi connectivity index (χ4n) is 3.14. The van der Waals surface area contributed by atoms with Crippen LogP contribution in [0.3, 0.4) is 0 Å². The highest BCUT2D eigenvalue weighted by Crippen LogP contribution is 2.36. The van der Waals surface area contributed by atoms with E-state index in [0.717, 1.165) is 17.7 Å². The molecule has 7 heteroatoms. The minimum atomic E-state index is 0.0935. The Morgan fingerprint density at radius 3 is 2.82 bits per heavy atom. The van der Waals surface area contributed by atoms with E-state index in [1.54, 1.807) is 14.2 Å². The monoisotopic (exact) mass is 403 g/mol. The van der Waals surface area contributed by atoms with Crippen LogP contribution in [0.25, 0.3) is 0 Å². The first kappa shape index (κ1) is 20.1. The lowest BCUT2D eigenvalue weighted by atomic mass is 10.1. The number of para-hydroxylation sites is 1. The number of methoxy groups -OCH3 is 1. The van der Waals surface area contributed by atoms with Gasteiger partial charge in [0.05, 0.1) is 25.3 Å². The van der Waals surface area contributed by atoms with Gasteiger partial charge in [0.15, 0.2) is 17.5 Å². The maximum atomic E-state index is 6.34. The fourth-order valence-corrected chi connectivity index (χ4v) is 3.43. The number of hydrogen-bond donors (Lipinski definition) is 2. The third-order valence-electron chi connectivity index (χ3n) is 4.47. The van der Waals surface area contributed by atoms with Crippen LogP contribution in [0.15, 0.2) is 41.4 Å². The van der Waals surface area contributed by atoms with Crippen LogP contribution in [0.1, 0.15) is 18.1 Å². The van der Waals surface area contributed by atoms with Crippen molar-refractivity contribution >= 4 is 17.6 Å². The Morgan fingerprint density at radius 2 is 2.11 bits per heavy atom. The molecule has 1 atom stereocenters. The number of fused-ring (bicyclic) bond motifs is 1. The van der Waals surface area contributed by atoms with Crippen molar-refractivity contribution in [3.63, 3.8) is 0 Å². The molecule has 1 aliphatic heterocycles. The topological polar surface area (TPSA) is 64.1 Å². The Kier molecular flexibility index (Phi) is 6.87. The Bertz CT molecular complexity index is 817. The smallest absolute Gasteiger partial charge is 0.191 e. The normalized spacial score (nSPS) is 15.6. The molecule has 150 valence electrons. The summed E-state index contributed by atoms with van der Waals surface area (Å²) in [5.74, 6) is 2.85. The summed E-state index contributed by atoms with van der Waals surface area (Å²) < 4.78 is 16.9. The van der Waals surface area contributed by atoms with Crippen molar-refractivity contribution < 1.29 is 14.2 Å². The van der Waals surface area contributed by atoms with E-state index in [-0.39, 0.29) is 6.10 Å². The minimum absolute atomic E-state index is 0.0935. The van der Waals surface area contributed by atoms with Gasteiger partial charge in [0.25, 0.3) is 0 Å². The van der Waals surface area contributed by atoms with Crippen LogP contribution in [-0.2, 0) is 13.0 Å². The van der Waals surface area contributed by atoms with E-state index in [1.165, 1.54) is 5.56 Å². The Morgan fingerprint density at radius 1 is 1.29 bits per heavy atom. The number of nitrogens with one attached hydrogen (secondary N) is 2. The molecule has 2 aromatic carbocycles. The van der Waals surface area contributed by atoms with Crippen LogP contribution in [0, 0.1) is 0 Å². The summed E-state index contributed by atoms with van der Waals surface area (Å²) in [5, 5.41) is 7.13. The molecule has 2 N–H and O–H groups in total. The van der Waals surface area contributed by atoms with E-state index >= 15 is 0 Å². The zero-order valence-electron chi connectivity index (χ0n) is 16.4. The highest BCUT2D eigenvalue weighted by molar-refractivity contribution is 6.32. The highest BCUT2D eigenvalue weighted by atomic mass is 35.5. The third-order valence-corrected chi connectivity index (χ3v) is 4.75. The molecule has 1 heterocycles. The Hall–Kier alpha value is -2.60. The summed E-state index contributed by atoms with van der Waals surface area (Å²) >= 11 is 6.34. The number of aliphatic imine (C=N–C) groups is 1. The van der Waals surface area contributed by atoms with E-state index in [4.69, 9.17) is 25.8 Å². The van der Waals surface area contributed by atoms with Gasteiger partial charge >= 0.3 is 0 Å². The standard InChI is InChI=1S/C21H26ClN3O3/c1-4-27-20-17(22)9-14(10-19(20)26-3)12-24-21(23-2)25-13-16-11-15-7-5-6-8-18(15)28-16/h5-10,16H,4,11-13H2,1-3H3,(H2,23,24,25). The van der Waals surface area contributed by atoms with Crippen molar-refractivity contribution in [2.24, 2.45) is 4.99 Å². The van der Waals surface area contributed by atoms with E-state index < -0.39 is 0 Å². The van der Waals surface area contributed by atoms with Gasteiger partial charge in [0.2, 0.25) is 0 Å². The predicted molar refractivity (Wildman–Crippen MR) is 112 cm³/mol. The van der Waals surface area contributed by atoms with Gasteiger partial charge in [-0.05, 0) is 36.2 Å². The summed E-state index contributed by atoms with van der Waals surface area (Å²) in [6, 6.07) is 11.9. The quantitative estimate of drug-likeness (QED) is 0.548. The zero-order chi connectivity index (χ0) is 19.9. The molecule has 0 aliphatic carbocycles. The van der Waals surface area contributed by atoms with Crippen LogP contribution < -0.4 is 24.8 Å². The molecule has 0 radical (unpaired) electrons. The second-order valence-corrected chi connectivity index (χ2v) is 6.81. The fraction of sp³-hybridized carbons (Fsp3) is 0.381. The molecular weight excluding hydrogens is 378 g/mol. The lowest BCUT2D eigenvalue weighted by Crippen LogP contribution is -2.41. The van der Waals surface area contributed by atoms with E-state index in [2.05, 4.69) is 21.7 Å². The number of benzene rings is 2. The Labute approximate surface area is 170 Å². The minimum Gasteiger partial charge on any atom is -0.493 e. The van der Waals surface area contributed by atoms with Gasteiger partial charge in [-0.1, -0.05) is 29.8 Å². The molecule has 2 aromatic rings. The molecule has 1 aliphatic rings. The molecule has 28 heavy (non-hydrogen) atoms. The molecule has 3 rings (SSSR count). The van der Waals surface area contributed by atoms with Crippen molar-refractivity contribution in [2.75, 3.05) is 27.3 Å². The summed E-state index contributed by atoms with van der Waals surface area (Å²) in [6.07, 6.45) is 0.988. The van der Waals surface area contributed by atoms with E-state index in [9.17, 15) is 0 Å². The molecule has 0 saturated carbocycles. The average molecular weight is 404 g/mol. The molecule has 0 aromatic heterocycles. The molecule has 6 nitrogen and oxygen atoms in total. The summed E-state index contributed by atoms with van der Waals surface area (Å²) in [4.78, 5) is 4.28. The van der Waals surface area contributed by atoms with Crippen LogP contribution >= 0.6 is 11.6 Å². The van der Waals surface area contributed by atoms with Crippen LogP contribution in [0.2, 0.25) is 5.02 Å². The summed E-state index contributed by atoms with van der Waals surface area (Å²) in [5.41, 5.74) is 2.21. The van der Waals surface area contributed by atoms with E-state index in [1.807, 2.05) is 37.3 Å².